The summed E-state index contributed by atoms with van der Waals surface area (Å²) >= 11 is 0. The van der Waals surface area contributed by atoms with Gasteiger partial charge in [0.25, 0.3) is 0 Å². The molecule has 0 N–H and O–H groups in total. The zero-order valence-electron chi connectivity index (χ0n) is 15.2. The molecule has 0 radical (unpaired) electrons. The van der Waals surface area contributed by atoms with Crippen molar-refractivity contribution in [2.45, 2.75) is 39.3 Å². The molecule has 4 heteroatoms. The van der Waals surface area contributed by atoms with Crippen LogP contribution >= 0.6 is 0 Å². The molecule has 0 saturated heterocycles. The van der Waals surface area contributed by atoms with Crippen LogP contribution in [0.3, 0.4) is 0 Å². The standard InChI is InChI=1S/C13H20N2OSi.C7H8/c1-17(2,3)9-8-16-11-15-13-7-5-4-6-12(13)10-14-15;1-7-5-3-2-4-6-7/h4-7,10H,8-9,11H2,1-3H3;2-6H,1H3. The second-order valence-corrected chi connectivity index (χ2v) is 12.8. The number of hydrogen-bond donors (Lipinski definition) is 0. The maximum absolute atomic E-state index is 5.70. The van der Waals surface area contributed by atoms with E-state index in [4.69, 9.17) is 4.74 Å². The summed E-state index contributed by atoms with van der Waals surface area (Å²) in [6.45, 7) is 10.6. The average molecular weight is 341 g/mol. The van der Waals surface area contributed by atoms with Gasteiger partial charge in [0.05, 0.1) is 11.7 Å². The van der Waals surface area contributed by atoms with Gasteiger partial charge in [0.2, 0.25) is 0 Å². The first-order valence-electron chi connectivity index (χ1n) is 8.46. The molecule has 0 bridgehead atoms. The van der Waals surface area contributed by atoms with Gasteiger partial charge < -0.3 is 4.74 Å². The van der Waals surface area contributed by atoms with Gasteiger partial charge in [-0.2, -0.15) is 5.10 Å². The first-order valence-corrected chi connectivity index (χ1v) is 12.2. The van der Waals surface area contributed by atoms with Gasteiger partial charge >= 0.3 is 0 Å². The largest absolute Gasteiger partial charge is 0.360 e. The molecule has 24 heavy (non-hydrogen) atoms. The van der Waals surface area contributed by atoms with Gasteiger partial charge in [0.1, 0.15) is 6.73 Å². The van der Waals surface area contributed by atoms with E-state index in [0.29, 0.717) is 6.73 Å². The third kappa shape index (κ3) is 6.30. The van der Waals surface area contributed by atoms with Crippen LogP contribution in [0.25, 0.3) is 10.9 Å². The van der Waals surface area contributed by atoms with Crippen molar-refractivity contribution in [2.24, 2.45) is 0 Å². The molecular formula is C20H28N2OSi. The molecule has 3 rings (SSSR count). The van der Waals surface area contributed by atoms with E-state index in [9.17, 15) is 0 Å². The molecule has 0 atom stereocenters. The van der Waals surface area contributed by atoms with Crippen LogP contribution in [-0.2, 0) is 11.5 Å². The van der Waals surface area contributed by atoms with Gasteiger partial charge in [-0.15, -0.1) is 0 Å². The van der Waals surface area contributed by atoms with Gasteiger partial charge in [-0.3, -0.25) is 0 Å². The first kappa shape index (κ1) is 18.4. The zero-order valence-corrected chi connectivity index (χ0v) is 16.2. The van der Waals surface area contributed by atoms with Gasteiger partial charge in [-0.25, -0.2) is 4.68 Å². The fourth-order valence-corrected chi connectivity index (χ4v) is 2.95. The average Bonchev–Trinajstić information content (AvgIpc) is 2.95. The molecule has 1 heterocycles. The summed E-state index contributed by atoms with van der Waals surface area (Å²) in [6.07, 6.45) is 1.89. The quantitative estimate of drug-likeness (QED) is 0.463. The highest BCUT2D eigenvalue weighted by atomic mass is 28.3. The van der Waals surface area contributed by atoms with Crippen LogP contribution in [0.1, 0.15) is 5.56 Å². The lowest BCUT2D eigenvalue weighted by Gasteiger charge is -2.15. The number of para-hydroxylation sites is 1. The number of nitrogens with zero attached hydrogens (tertiary/aromatic N) is 2. The van der Waals surface area contributed by atoms with Crippen LogP contribution in [0.15, 0.2) is 60.8 Å². The number of ether oxygens (including phenoxy) is 1. The normalized spacial score (nSPS) is 11.2. The lowest BCUT2D eigenvalue weighted by atomic mass is 10.2. The predicted octanol–water partition coefficient (Wildman–Crippen LogP) is 5.34. The highest BCUT2D eigenvalue weighted by Gasteiger charge is 2.12. The fraction of sp³-hybridized carbons (Fsp3) is 0.350. The fourth-order valence-electron chi connectivity index (χ4n) is 2.19. The molecule has 0 aliphatic carbocycles. The van der Waals surface area contributed by atoms with Gasteiger partial charge in [-0.05, 0) is 19.0 Å². The van der Waals surface area contributed by atoms with Crippen molar-refractivity contribution in [3.8, 4) is 0 Å². The maximum atomic E-state index is 5.70. The Bertz CT molecular complexity index is 732. The SMILES string of the molecule is C[Si](C)(C)CCOCn1ncc2ccccc21.Cc1ccccc1. The highest BCUT2D eigenvalue weighted by Crippen LogP contribution is 2.13. The molecule has 2 aromatic carbocycles. The summed E-state index contributed by atoms with van der Waals surface area (Å²) in [5, 5.41) is 5.50. The van der Waals surface area contributed by atoms with E-state index < -0.39 is 8.07 Å². The van der Waals surface area contributed by atoms with Gasteiger partial charge in [-0.1, -0.05) is 73.7 Å². The minimum absolute atomic E-state index is 0.554. The Morgan fingerprint density at radius 3 is 2.25 bits per heavy atom. The molecule has 0 fully saturated rings. The van der Waals surface area contributed by atoms with E-state index in [1.807, 2.05) is 41.2 Å². The van der Waals surface area contributed by atoms with E-state index in [1.54, 1.807) is 0 Å². The number of hydrogen-bond acceptors (Lipinski definition) is 2. The Kier molecular flexibility index (Phi) is 6.76. The van der Waals surface area contributed by atoms with Crippen molar-refractivity contribution in [3.63, 3.8) is 0 Å². The number of benzene rings is 2. The first-order chi connectivity index (χ1) is 11.5. The second-order valence-electron chi connectivity index (χ2n) is 7.21. The summed E-state index contributed by atoms with van der Waals surface area (Å²) in [6, 6.07) is 19.7. The van der Waals surface area contributed by atoms with Crippen LogP contribution in [0.2, 0.25) is 25.7 Å². The van der Waals surface area contributed by atoms with Crippen LogP contribution in [0.4, 0.5) is 0 Å². The Balaban J connectivity index is 0.000000249. The summed E-state index contributed by atoms with van der Waals surface area (Å²) in [7, 11) is -0.988. The van der Waals surface area contributed by atoms with Crippen molar-refractivity contribution < 1.29 is 4.74 Å². The summed E-state index contributed by atoms with van der Waals surface area (Å²) in [5.74, 6) is 0. The van der Waals surface area contributed by atoms with Crippen LogP contribution in [-0.4, -0.2) is 24.5 Å². The van der Waals surface area contributed by atoms with Gasteiger partial charge in [0.15, 0.2) is 0 Å². The lowest BCUT2D eigenvalue weighted by molar-refractivity contribution is 0.0817. The smallest absolute Gasteiger partial charge is 0.139 e. The summed E-state index contributed by atoms with van der Waals surface area (Å²) < 4.78 is 7.61. The number of fused-ring (bicyclic) bond motifs is 1. The number of aromatic nitrogens is 2. The van der Waals surface area contributed by atoms with Crippen molar-refractivity contribution in [1.29, 1.82) is 0 Å². The lowest BCUT2D eigenvalue weighted by Crippen LogP contribution is -2.22. The monoisotopic (exact) mass is 340 g/mol. The van der Waals surface area contributed by atoms with E-state index in [1.165, 1.54) is 17.0 Å². The second kappa shape index (κ2) is 8.80. The minimum Gasteiger partial charge on any atom is -0.360 e. The van der Waals surface area contributed by atoms with Crippen molar-refractivity contribution in [2.75, 3.05) is 6.61 Å². The third-order valence-corrected chi connectivity index (χ3v) is 5.41. The van der Waals surface area contributed by atoms with Crippen molar-refractivity contribution in [3.05, 3.63) is 66.4 Å². The van der Waals surface area contributed by atoms with Crippen LogP contribution in [0.5, 0.6) is 0 Å². The van der Waals surface area contributed by atoms with E-state index in [0.717, 1.165) is 12.1 Å². The van der Waals surface area contributed by atoms with Crippen molar-refractivity contribution in [1.82, 2.24) is 9.78 Å². The molecule has 0 unspecified atom stereocenters. The molecule has 128 valence electrons. The Labute approximate surface area is 146 Å². The van der Waals surface area contributed by atoms with Crippen molar-refractivity contribution >= 4 is 19.0 Å². The molecule has 0 spiro atoms. The summed E-state index contributed by atoms with van der Waals surface area (Å²) in [5.41, 5.74) is 2.46. The molecule has 3 nitrogen and oxygen atoms in total. The molecule has 0 saturated carbocycles. The molecule has 1 aromatic heterocycles. The highest BCUT2D eigenvalue weighted by molar-refractivity contribution is 6.76. The van der Waals surface area contributed by atoms with E-state index in [-0.39, 0.29) is 0 Å². The Hall–Kier alpha value is -1.91. The minimum atomic E-state index is -0.988. The van der Waals surface area contributed by atoms with Gasteiger partial charge in [0, 0.05) is 20.1 Å². The Morgan fingerprint density at radius 2 is 1.62 bits per heavy atom. The van der Waals surface area contributed by atoms with E-state index >= 15 is 0 Å². The van der Waals surface area contributed by atoms with Crippen LogP contribution in [0, 0.1) is 6.92 Å². The number of aryl methyl sites for hydroxylation is 1. The van der Waals surface area contributed by atoms with E-state index in [2.05, 4.69) is 55.9 Å². The third-order valence-electron chi connectivity index (χ3n) is 3.70. The van der Waals surface area contributed by atoms with Crippen LogP contribution < -0.4 is 0 Å². The molecular weight excluding hydrogens is 312 g/mol. The molecule has 3 aromatic rings. The maximum Gasteiger partial charge on any atom is 0.139 e. The summed E-state index contributed by atoms with van der Waals surface area (Å²) in [4.78, 5) is 0. The predicted molar refractivity (Wildman–Crippen MR) is 105 cm³/mol. The number of rotatable bonds is 5. The topological polar surface area (TPSA) is 27.1 Å². The molecule has 0 aliphatic heterocycles. The zero-order chi connectivity index (χ0) is 17.4. The Morgan fingerprint density at radius 1 is 0.958 bits per heavy atom. The molecule has 0 amide bonds. The molecule has 0 aliphatic rings.